The average molecular weight is 219 g/mol. The molecule has 0 atom stereocenters. The van der Waals surface area contributed by atoms with E-state index < -0.39 is 0 Å². The van der Waals surface area contributed by atoms with Crippen LogP contribution in [-0.2, 0) is 4.74 Å². The molecular formula is C12H17N3O. The van der Waals surface area contributed by atoms with Gasteiger partial charge in [0.2, 0.25) is 0 Å². The molecule has 86 valence electrons. The lowest BCUT2D eigenvalue weighted by atomic mass is 10.1. The Balaban J connectivity index is 2.87. The standard InChI is InChI=1S/C12H17N3O/c1-12(2,8-16-3)15-10-4-5-11(14)9(6-10)7-13/h4-6,15H,8,14H2,1-3H3. The minimum Gasteiger partial charge on any atom is -0.398 e. The van der Waals surface area contributed by atoms with Crippen molar-refractivity contribution in [2.45, 2.75) is 19.4 Å². The third-order valence-corrected chi connectivity index (χ3v) is 2.16. The van der Waals surface area contributed by atoms with E-state index in [0.29, 0.717) is 17.9 Å². The summed E-state index contributed by atoms with van der Waals surface area (Å²) in [7, 11) is 1.66. The summed E-state index contributed by atoms with van der Waals surface area (Å²) in [6.07, 6.45) is 0. The predicted octanol–water partition coefficient (Wildman–Crippen LogP) is 1.98. The van der Waals surface area contributed by atoms with Crippen molar-refractivity contribution in [2.75, 3.05) is 24.8 Å². The van der Waals surface area contributed by atoms with E-state index in [0.717, 1.165) is 5.69 Å². The van der Waals surface area contributed by atoms with Gasteiger partial charge in [0.05, 0.1) is 17.7 Å². The van der Waals surface area contributed by atoms with Crippen LogP contribution in [0.15, 0.2) is 18.2 Å². The van der Waals surface area contributed by atoms with Gasteiger partial charge in [-0.2, -0.15) is 5.26 Å². The maximum Gasteiger partial charge on any atom is 0.101 e. The number of nitriles is 1. The van der Waals surface area contributed by atoms with Crippen LogP contribution in [0.25, 0.3) is 0 Å². The van der Waals surface area contributed by atoms with Crippen molar-refractivity contribution in [3.8, 4) is 6.07 Å². The molecule has 0 spiro atoms. The van der Waals surface area contributed by atoms with Crippen molar-refractivity contribution in [3.63, 3.8) is 0 Å². The van der Waals surface area contributed by atoms with Gasteiger partial charge in [-0.3, -0.25) is 0 Å². The SMILES string of the molecule is COCC(C)(C)Nc1ccc(N)c(C#N)c1. The van der Waals surface area contributed by atoms with Crippen molar-refractivity contribution < 1.29 is 4.74 Å². The summed E-state index contributed by atoms with van der Waals surface area (Å²) in [5, 5.41) is 12.2. The fourth-order valence-corrected chi connectivity index (χ4v) is 1.52. The van der Waals surface area contributed by atoms with Crippen molar-refractivity contribution >= 4 is 11.4 Å². The second kappa shape index (κ2) is 4.86. The van der Waals surface area contributed by atoms with Gasteiger partial charge in [-0.25, -0.2) is 0 Å². The molecule has 4 heteroatoms. The smallest absolute Gasteiger partial charge is 0.101 e. The van der Waals surface area contributed by atoms with Crippen molar-refractivity contribution in [3.05, 3.63) is 23.8 Å². The van der Waals surface area contributed by atoms with Crippen LogP contribution >= 0.6 is 0 Å². The Labute approximate surface area is 96.0 Å². The van der Waals surface area contributed by atoms with Gasteiger partial charge in [0.1, 0.15) is 6.07 Å². The van der Waals surface area contributed by atoms with E-state index in [1.165, 1.54) is 0 Å². The van der Waals surface area contributed by atoms with E-state index in [1.54, 1.807) is 19.2 Å². The second-order valence-electron chi connectivity index (χ2n) is 4.36. The predicted molar refractivity (Wildman–Crippen MR) is 65.1 cm³/mol. The molecule has 0 unspecified atom stereocenters. The number of hydrogen-bond donors (Lipinski definition) is 2. The average Bonchev–Trinajstić information content (AvgIpc) is 2.20. The highest BCUT2D eigenvalue weighted by molar-refractivity contribution is 5.62. The Bertz CT molecular complexity index is 407. The molecule has 1 rings (SSSR count). The lowest BCUT2D eigenvalue weighted by Gasteiger charge is -2.26. The highest BCUT2D eigenvalue weighted by Crippen LogP contribution is 2.20. The van der Waals surface area contributed by atoms with Gasteiger partial charge >= 0.3 is 0 Å². The number of rotatable bonds is 4. The maximum atomic E-state index is 8.86. The molecule has 1 aromatic carbocycles. The lowest BCUT2D eigenvalue weighted by Crippen LogP contribution is -2.35. The van der Waals surface area contributed by atoms with E-state index in [4.69, 9.17) is 15.7 Å². The number of nitrogens with two attached hydrogens (primary N) is 1. The molecule has 3 N–H and O–H groups in total. The quantitative estimate of drug-likeness (QED) is 0.759. The van der Waals surface area contributed by atoms with E-state index in [2.05, 4.69) is 11.4 Å². The van der Waals surface area contributed by atoms with Crippen LogP contribution < -0.4 is 11.1 Å². The molecular weight excluding hydrogens is 202 g/mol. The lowest BCUT2D eigenvalue weighted by molar-refractivity contribution is 0.158. The first-order valence-electron chi connectivity index (χ1n) is 5.05. The Morgan fingerprint density at radius 1 is 1.50 bits per heavy atom. The monoisotopic (exact) mass is 219 g/mol. The van der Waals surface area contributed by atoms with E-state index in [-0.39, 0.29) is 5.54 Å². The molecule has 0 aliphatic heterocycles. The summed E-state index contributed by atoms with van der Waals surface area (Å²) in [6.45, 7) is 4.64. The number of anilines is 2. The normalized spacial score (nSPS) is 10.9. The summed E-state index contributed by atoms with van der Waals surface area (Å²) >= 11 is 0. The number of nitrogen functional groups attached to an aromatic ring is 1. The fourth-order valence-electron chi connectivity index (χ4n) is 1.52. The fraction of sp³-hybridized carbons (Fsp3) is 0.417. The molecule has 0 heterocycles. The minimum absolute atomic E-state index is 0.183. The first kappa shape index (κ1) is 12.3. The molecule has 0 saturated heterocycles. The van der Waals surface area contributed by atoms with Crippen LogP contribution in [0.4, 0.5) is 11.4 Å². The Morgan fingerprint density at radius 3 is 2.75 bits per heavy atom. The highest BCUT2D eigenvalue weighted by Gasteiger charge is 2.17. The van der Waals surface area contributed by atoms with Gasteiger partial charge in [0, 0.05) is 18.5 Å². The molecule has 0 saturated carbocycles. The van der Waals surface area contributed by atoms with Crippen molar-refractivity contribution in [1.29, 1.82) is 5.26 Å². The van der Waals surface area contributed by atoms with Crippen LogP contribution in [0.5, 0.6) is 0 Å². The highest BCUT2D eigenvalue weighted by atomic mass is 16.5. The van der Waals surface area contributed by atoms with Gasteiger partial charge in [0.15, 0.2) is 0 Å². The number of methoxy groups -OCH3 is 1. The van der Waals surface area contributed by atoms with Crippen LogP contribution in [-0.4, -0.2) is 19.3 Å². The Hall–Kier alpha value is -1.73. The van der Waals surface area contributed by atoms with E-state index in [9.17, 15) is 0 Å². The zero-order chi connectivity index (χ0) is 12.2. The number of nitrogens with zero attached hydrogens (tertiary/aromatic N) is 1. The first-order valence-corrected chi connectivity index (χ1v) is 5.05. The second-order valence-corrected chi connectivity index (χ2v) is 4.36. The molecule has 0 bridgehead atoms. The number of hydrogen-bond acceptors (Lipinski definition) is 4. The molecule has 1 aromatic rings. The molecule has 0 aromatic heterocycles. The van der Waals surface area contributed by atoms with Gasteiger partial charge in [-0.05, 0) is 32.0 Å². The van der Waals surface area contributed by atoms with Gasteiger partial charge in [-0.1, -0.05) is 0 Å². The molecule has 0 aliphatic rings. The molecule has 0 radical (unpaired) electrons. The van der Waals surface area contributed by atoms with Crippen LogP contribution in [0, 0.1) is 11.3 Å². The number of ether oxygens (including phenoxy) is 1. The maximum absolute atomic E-state index is 8.86. The summed E-state index contributed by atoms with van der Waals surface area (Å²) < 4.78 is 5.11. The third kappa shape index (κ3) is 3.14. The number of benzene rings is 1. The van der Waals surface area contributed by atoms with Crippen molar-refractivity contribution in [1.82, 2.24) is 0 Å². The molecule has 0 aliphatic carbocycles. The zero-order valence-electron chi connectivity index (χ0n) is 9.87. The van der Waals surface area contributed by atoms with Crippen LogP contribution in [0.2, 0.25) is 0 Å². The van der Waals surface area contributed by atoms with Crippen LogP contribution in [0.1, 0.15) is 19.4 Å². The van der Waals surface area contributed by atoms with E-state index >= 15 is 0 Å². The van der Waals surface area contributed by atoms with E-state index in [1.807, 2.05) is 19.9 Å². The summed E-state index contributed by atoms with van der Waals surface area (Å²) in [5.74, 6) is 0. The van der Waals surface area contributed by atoms with Gasteiger partial charge in [0.25, 0.3) is 0 Å². The summed E-state index contributed by atoms with van der Waals surface area (Å²) in [6, 6.07) is 7.38. The topological polar surface area (TPSA) is 71.1 Å². The first-order chi connectivity index (χ1) is 7.48. The molecule has 0 fully saturated rings. The van der Waals surface area contributed by atoms with Gasteiger partial charge in [-0.15, -0.1) is 0 Å². The van der Waals surface area contributed by atoms with Gasteiger partial charge < -0.3 is 15.8 Å². The number of nitrogens with one attached hydrogen (secondary N) is 1. The Kier molecular flexibility index (Phi) is 3.75. The van der Waals surface area contributed by atoms with Crippen LogP contribution in [0.3, 0.4) is 0 Å². The van der Waals surface area contributed by atoms with Crippen molar-refractivity contribution in [2.24, 2.45) is 0 Å². The molecule has 4 nitrogen and oxygen atoms in total. The summed E-state index contributed by atoms with van der Waals surface area (Å²) in [5.41, 5.74) is 7.32. The third-order valence-electron chi connectivity index (χ3n) is 2.16. The Morgan fingerprint density at radius 2 is 2.19 bits per heavy atom. The summed E-state index contributed by atoms with van der Waals surface area (Å²) in [4.78, 5) is 0. The largest absolute Gasteiger partial charge is 0.398 e. The molecule has 16 heavy (non-hydrogen) atoms. The zero-order valence-corrected chi connectivity index (χ0v) is 9.87. The minimum atomic E-state index is -0.183. The molecule has 0 amide bonds.